The molecule has 0 spiro atoms. The van der Waals surface area contributed by atoms with Gasteiger partial charge in [0.1, 0.15) is 0 Å². The number of aryl methyl sites for hydroxylation is 1. The standard InChI is InChI=1S/C13H20N2O2S/c1-9-4-3-5-12(9)15-13-8-11(18(14,16)17)7-6-10(13)2/h6-9,12,15H,3-5H2,1-2H3,(H2,14,16,17). The molecule has 2 rings (SSSR count). The fourth-order valence-corrected chi connectivity index (χ4v) is 3.03. The molecule has 0 aromatic heterocycles. The summed E-state index contributed by atoms with van der Waals surface area (Å²) < 4.78 is 22.7. The molecule has 0 amide bonds. The lowest BCUT2D eigenvalue weighted by Gasteiger charge is -2.20. The highest BCUT2D eigenvalue weighted by molar-refractivity contribution is 7.89. The van der Waals surface area contributed by atoms with Crippen molar-refractivity contribution in [3.8, 4) is 0 Å². The van der Waals surface area contributed by atoms with Crippen LogP contribution >= 0.6 is 0 Å². The third kappa shape index (κ3) is 2.84. The highest BCUT2D eigenvalue weighted by Crippen LogP contribution is 2.29. The molecule has 0 aliphatic heterocycles. The van der Waals surface area contributed by atoms with Gasteiger partial charge < -0.3 is 5.32 Å². The van der Waals surface area contributed by atoms with E-state index in [0.717, 1.165) is 17.7 Å². The number of hydrogen-bond acceptors (Lipinski definition) is 3. The van der Waals surface area contributed by atoms with Crippen LogP contribution in [0.15, 0.2) is 23.1 Å². The molecule has 100 valence electrons. The van der Waals surface area contributed by atoms with Gasteiger partial charge in [-0.2, -0.15) is 0 Å². The zero-order valence-corrected chi connectivity index (χ0v) is 11.6. The molecule has 0 saturated heterocycles. The normalized spacial score (nSPS) is 24.2. The second-order valence-corrected chi connectivity index (χ2v) is 6.74. The first-order valence-electron chi connectivity index (χ1n) is 6.28. The second kappa shape index (κ2) is 4.90. The SMILES string of the molecule is Cc1ccc(S(N)(=O)=O)cc1NC1CCCC1C. The Kier molecular flexibility index (Phi) is 3.64. The van der Waals surface area contributed by atoms with Crippen molar-refractivity contribution in [2.75, 3.05) is 5.32 Å². The van der Waals surface area contributed by atoms with E-state index >= 15 is 0 Å². The Balaban J connectivity index is 2.27. The summed E-state index contributed by atoms with van der Waals surface area (Å²) in [5, 5.41) is 8.61. The minimum atomic E-state index is -3.63. The summed E-state index contributed by atoms with van der Waals surface area (Å²) in [6, 6.07) is 5.41. The Hall–Kier alpha value is -1.07. The summed E-state index contributed by atoms with van der Waals surface area (Å²) in [5.74, 6) is 0.627. The van der Waals surface area contributed by atoms with Crippen molar-refractivity contribution in [3.63, 3.8) is 0 Å². The van der Waals surface area contributed by atoms with Gasteiger partial charge in [0.15, 0.2) is 0 Å². The number of hydrogen-bond donors (Lipinski definition) is 2. The van der Waals surface area contributed by atoms with Crippen LogP contribution in [0.2, 0.25) is 0 Å². The molecule has 0 heterocycles. The highest BCUT2D eigenvalue weighted by Gasteiger charge is 2.23. The Morgan fingerprint density at radius 3 is 2.61 bits per heavy atom. The van der Waals surface area contributed by atoms with Gasteiger partial charge in [-0.15, -0.1) is 0 Å². The average Bonchev–Trinajstić information content (AvgIpc) is 2.66. The third-order valence-electron chi connectivity index (χ3n) is 3.74. The monoisotopic (exact) mass is 268 g/mol. The molecule has 1 aromatic rings. The molecule has 4 nitrogen and oxygen atoms in total. The van der Waals surface area contributed by atoms with Crippen molar-refractivity contribution < 1.29 is 8.42 Å². The van der Waals surface area contributed by atoms with Crippen LogP contribution in [-0.2, 0) is 10.0 Å². The maximum Gasteiger partial charge on any atom is 0.238 e. The first-order valence-corrected chi connectivity index (χ1v) is 7.82. The van der Waals surface area contributed by atoms with Crippen LogP contribution in [0.5, 0.6) is 0 Å². The number of rotatable bonds is 3. The quantitative estimate of drug-likeness (QED) is 0.883. The molecule has 0 radical (unpaired) electrons. The maximum absolute atomic E-state index is 11.3. The summed E-state index contributed by atoms with van der Waals surface area (Å²) in [5.41, 5.74) is 1.92. The topological polar surface area (TPSA) is 72.2 Å². The van der Waals surface area contributed by atoms with Crippen molar-refractivity contribution >= 4 is 15.7 Å². The molecule has 1 saturated carbocycles. The van der Waals surface area contributed by atoms with Crippen molar-refractivity contribution in [3.05, 3.63) is 23.8 Å². The smallest absolute Gasteiger partial charge is 0.238 e. The van der Waals surface area contributed by atoms with E-state index in [-0.39, 0.29) is 4.90 Å². The van der Waals surface area contributed by atoms with E-state index in [1.54, 1.807) is 18.2 Å². The van der Waals surface area contributed by atoms with Crippen molar-refractivity contribution in [2.24, 2.45) is 11.1 Å². The first kappa shape index (κ1) is 13.4. The van der Waals surface area contributed by atoms with Crippen LogP contribution < -0.4 is 10.5 Å². The Morgan fingerprint density at radius 2 is 2.06 bits per heavy atom. The lowest BCUT2D eigenvalue weighted by atomic mass is 10.1. The van der Waals surface area contributed by atoms with E-state index < -0.39 is 10.0 Å². The molecule has 1 aromatic carbocycles. The van der Waals surface area contributed by atoms with E-state index in [1.165, 1.54) is 12.8 Å². The van der Waals surface area contributed by atoms with Crippen LogP contribution in [0.3, 0.4) is 0 Å². The average molecular weight is 268 g/mol. The van der Waals surface area contributed by atoms with Crippen LogP contribution in [0, 0.1) is 12.8 Å². The lowest BCUT2D eigenvalue weighted by molar-refractivity contribution is 0.556. The summed E-state index contributed by atoms with van der Waals surface area (Å²) in [6.45, 7) is 4.19. The zero-order chi connectivity index (χ0) is 13.3. The molecule has 1 aliphatic rings. The lowest BCUT2D eigenvalue weighted by Crippen LogP contribution is -2.22. The Morgan fingerprint density at radius 1 is 1.33 bits per heavy atom. The molecule has 2 unspecified atom stereocenters. The van der Waals surface area contributed by atoms with Crippen LogP contribution in [0.25, 0.3) is 0 Å². The number of sulfonamides is 1. The highest BCUT2D eigenvalue weighted by atomic mass is 32.2. The number of nitrogens with two attached hydrogens (primary N) is 1. The van der Waals surface area contributed by atoms with Gasteiger partial charge in [0.05, 0.1) is 4.90 Å². The van der Waals surface area contributed by atoms with Gasteiger partial charge in [0, 0.05) is 11.7 Å². The molecule has 5 heteroatoms. The third-order valence-corrected chi connectivity index (χ3v) is 4.65. The van der Waals surface area contributed by atoms with Gasteiger partial charge in [-0.1, -0.05) is 19.4 Å². The van der Waals surface area contributed by atoms with Gasteiger partial charge in [-0.3, -0.25) is 0 Å². The molecule has 2 atom stereocenters. The molecule has 1 aliphatic carbocycles. The van der Waals surface area contributed by atoms with Crippen molar-refractivity contribution in [1.82, 2.24) is 0 Å². The van der Waals surface area contributed by atoms with E-state index in [4.69, 9.17) is 5.14 Å². The summed E-state index contributed by atoms with van der Waals surface area (Å²) in [6.07, 6.45) is 3.60. The fourth-order valence-electron chi connectivity index (χ4n) is 2.49. The number of primary sulfonamides is 1. The number of nitrogens with one attached hydrogen (secondary N) is 1. The van der Waals surface area contributed by atoms with Crippen LogP contribution in [0.4, 0.5) is 5.69 Å². The molecule has 0 bridgehead atoms. The molecule has 18 heavy (non-hydrogen) atoms. The summed E-state index contributed by atoms with van der Waals surface area (Å²) >= 11 is 0. The Bertz CT molecular complexity index is 540. The van der Waals surface area contributed by atoms with Gasteiger partial charge in [0.2, 0.25) is 10.0 Å². The van der Waals surface area contributed by atoms with Gasteiger partial charge in [-0.25, -0.2) is 13.6 Å². The van der Waals surface area contributed by atoms with Gasteiger partial charge >= 0.3 is 0 Å². The minimum Gasteiger partial charge on any atom is -0.382 e. The van der Waals surface area contributed by atoms with E-state index in [1.807, 2.05) is 6.92 Å². The second-order valence-electron chi connectivity index (χ2n) is 5.18. The van der Waals surface area contributed by atoms with E-state index in [9.17, 15) is 8.42 Å². The minimum absolute atomic E-state index is 0.168. The molecule has 3 N–H and O–H groups in total. The fraction of sp³-hybridized carbons (Fsp3) is 0.538. The van der Waals surface area contributed by atoms with Gasteiger partial charge in [0.25, 0.3) is 0 Å². The largest absolute Gasteiger partial charge is 0.382 e. The number of benzene rings is 1. The Labute approximate surface area is 109 Å². The molecular weight excluding hydrogens is 248 g/mol. The van der Waals surface area contributed by atoms with Crippen molar-refractivity contribution in [2.45, 2.75) is 44.0 Å². The predicted molar refractivity (Wildman–Crippen MR) is 73.0 cm³/mol. The first-order chi connectivity index (χ1) is 8.38. The number of anilines is 1. The van der Waals surface area contributed by atoms with Crippen molar-refractivity contribution in [1.29, 1.82) is 0 Å². The maximum atomic E-state index is 11.3. The predicted octanol–water partition coefficient (Wildman–Crippen LogP) is 2.24. The van der Waals surface area contributed by atoms with Crippen LogP contribution in [0.1, 0.15) is 31.7 Å². The van der Waals surface area contributed by atoms with Gasteiger partial charge in [-0.05, 0) is 43.4 Å². The summed E-state index contributed by atoms with van der Waals surface area (Å²) in [7, 11) is -3.63. The zero-order valence-electron chi connectivity index (χ0n) is 10.8. The summed E-state index contributed by atoms with van der Waals surface area (Å²) in [4.78, 5) is 0.168. The van der Waals surface area contributed by atoms with Crippen LogP contribution in [-0.4, -0.2) is 14.5 Å². The molecular formula is C13H20N2O2S. The van der Waals surface area contributed by atoms with E-state index in [0.29, 0.717) is 12.0 Å². The molecule has 1 fully saturated rings. The van der Waals surface area contributed by atoms with E-state index in [2.05, 4.69) is 12.2 Å².